The van der Waals surface area contributed by atoms with Gasteiger partial charge >= 0.3 is 6.03 Å². The number of carbonyl (C=O) groups excluding carboxylic acids is 1. The van der Waals surface area contributed by atoms with Gasteiger partial charge in [-0.05, 0) is 43.7 Å². The molecule has 1 aliphatic rings. The van der Waals surface area contributed by atoms with E-state index in [1.54, 1.807) is 24.3 Å². The number of amides is 2. The van der Waals surface area contributed by atoms with Crippen LogP contribution in [0.3, 0.4) is 0 Å². The maximum absolute atomic E-state index is 12.4. The smallest absolute Gasteiger partial charge is 0.321 e. The van der Waals surface area contributed by atoms with Gasteiger partial charge in [0, 0.05) is 37.6 Å². The molecule has 1 N–H and O–H groups in total. The van der Waals surface area contributed by atoms with Gasteiger partial charge in [0.25, 0.3) is 0 Å². The lowest BCUT2D eigenvalue weighted by Gasteiger charge is -2.36. The van der Waals surface area contributed by atoms with E-state index in [2.05, 4.69) is 48.3 Å². The number of piperazine rings is 1. The number of nitrogens with zero attached hydrogens (tertiary/aromatic N) is 3. The van der Waals surface area contributed by atoms with Crippen LogP contribution in [0.2, 0.25) is 0 Å². The third kappa shape index (κ3) is 3.92. The highest BCUT2D eigenvalue weighted by Gasteiger charge is 2.22. The zero-order chi connectivity index (χ0) is 17.8. The molecule has 0 bridgehead atoms. The van der Waals surface area contributed by atoms with Crippen LogP contribution in [0.4, 0.5) is 16.2 Å². The summed E-state index contributed by atoms with van der Waals surface area (Å²) < 4.78 is 0. The van der Waals surface area contributed by atoms with Gasteiger partial charge in [0.05, 0.1) is 11.6 Å². The number of hydrogen-bond acceptors (Lipinski definition) is 3. The molecule has 25 heavy (non-hydrogen) atoms. The number of aryl methyl sites for hydroxylation is 2. The van der Waals surface area contributed by atoms with Crippen molar-refractivity contribution >= 4 is 17.4 Å². The first-order valence-corrected chi connectivity index (χ1v) is 8.45. The summed E-state index contributed by atoms with van der Waals surface area (Å²) in [5.74, 6) is 0. The van der Waals surface area contributed by atoms with E-state index < -0.39 is 0 Å². The minimum Gasteiger partial charge on any atom is -0.368 e. The van der Waals surface area contributed by atoms with E-state index in [0.29, 0.717) is 24.3 Å². The quantitative estimate of drug-likeness (QED) is 0.914. The van der Waals surface area contributed by atoms with Crippen molar-refractivity contribution in [2.75, 3.05) is 36.4 Å². The first-order chi connectivity index (χ1) is 12.1. The third-order valence-electron chi connectivity index (χ3n) is 4.50. The minimum absolute atomic E-state index is 0.115. The number of nitrogens with one attached hydrogen (secondary N) is 1. The fourth-order valence-corrected chi connectivity index (χ4v) is 3.18. The molecule has 0 atom stereocenters. The number of benzene rings is 2. The summed E-state index contributed by atoms with van der Waals surface area (Å²) in [4.78, 5) is 16.6. The summed E-state index contributed by atoms with van der Waals surface area (Å²) in [6.45, 7) is 7.21. The number of rotatable bonds is 2. The van der Waals surface area contributed by atoms with Gasteiger partial charge in [0.2, 0.25) is 0 Å². The van der Waals surface area contributed by atoms with E-state index in [-0.39, 0.29) is 6.03 Å². The molecule has 0 aromatic heterocycles. The highest BCUT2D eigenvalue weighted by molar-refractivity contribution is 5.89. The Bertz CT molecular complexity index is 817. The number of carbonyl (C=O) groups is 1. The molecule has 1 saturated heterocycles. The molecule has 0 radical (unpaired) electrons. The molecule has 2 amide bonds. The molecule has 0 unspecified atom stereocenters. The van der Waals surface area contributed by atoms with Crippen molar-refractivity contribution in [2.45, 2.75) is 13.8 Å². The molecule has 0 aliphatic carbocycles. The number of hydrogen-bond donors (Lipinski definition) is 1. The summed E-state index contributed by atoms with van der Waals surface area (Å²) in [5, 5.41) is 11.8. The van der Waals surface area contributed by atoms with E-state index in [4.69, 9.17) is 5.26 Å². The van der Waals surface area contributed by atoms with Crippen LogP contribution < -0.4 is 10.2 Å². The van der Waals surface area contributed by atoms with E-state index in [1.807, 2.05) is 4.90 Å². The van der Waals surface area contributed by atoms with Gasteiger partial charge in [-0.25, -0.2) is 4.79 Å². The summed E-state index contributed by atoms with van der Waals surface area (Å²) in [6, 6.07) is 15.4. The number of nitriles is 1. The van der Waals surface area contributed by atoms with E-state index >= 15 is 0 Å². The zero-order valence-electron chi connectivity index (χ0n) is 14.6. The average molecular weight is 334 g/mol. The first-order valence-electron chi connectivity index (χ1n) is 8.45. The summed E-state index contributed by atoms with van der Waals surface area (Å²) in [5.41, 5.74) is 4.97. The van der Waals surface area contributed by atoms with Gasteiger partial charge in [-0.1, -0.05) is 23.8 Å². The van der Waals surface area contributed by atoms with Crippen molar-refractivity contribution in [3.8, 4) is 6.07 Å². The van der Waals surface area contributed by atoms with Gasteiger partial charge in [-0.2, -0.15) is 5.26 Å². The largest absolute Gasteiger partial charge is 0.368 e. The van der Waals surface area contributed by atoms with Gasteiger partial charge in [0.1, 0.15) is 0 Å². The molecule has 1 fully saturated rings. The van der Waals surface area contributed by atoms with Crippen molar-refractivity contribution in [2.24, 2.45) is 0 Å². The average Bonchev–Trinajstić information content (AvgIpc) is 2.62. The molecular formula is C20H22N4O. The highest BCUT2D eigenvalue weighted by atomic mass is 16.2. The topological polar surface area (TPSA) is 59.4 Å². The highest BCUT2D eigenvalue weighted by Crippen LogP contribution is 2.22. The van der Waals surface area contributed by atoms with E-state index in [9.17, 15) is 4.79 Å². The van der Waals surface area contributed by atoms with Crippen molar-refractivity contribution in [3.05, 3.63) is 59.2 Å². The van der Waals surface area contributed by atoms with E-state index in [1.165, 1.54) is 16.8 Å². The van der Waals surface area contributed by atoms with Crippen LogP contribution >= 0.6 is 0 Å². The molecule has 5 heteroatoms. The SMILES string of the molecule is Cc1ccc(N2CCN(C(=O)Nc3cccc(C#N)c3)CC2)c(C)c1. The van der Waals surface area contributed by atoms with Crippen molar-refractivity contribution in [1.82, 2.24) is 4.90 Å². The monoisotopic (exact) mass is 334 g/mol. The van der Waals surface area contributed by atoms with Crippen LogP contribution in [0.15, 0.2) is 42.5 Å². The van der Waals surface area contributed by atoms with Crippen LogP contribution in [0, 0.1) is 25.2 Å². The lowest BCUT2D eigenvalue weighted by molar-refractivity contribution is 0.208. The Labute approximate surface area is 148 Å². The predicted octanol–water partition coefficient (Wildman–Crippen LogP) is 3.53. The molecule has 2 aromatic carbocycles. The molecule has 5 nitrogen and oxygen atoms in total. The predicted molar refractivity (Wildman–Crippen MR) is 99.9 cm³/mol. The lowest BCUT2D eigenvalue weighted by Crippen LogP contribution is -2.50. The minimum atomic E-state index is -0.115. The van der Waals surface area contributed by atoms with Gasteiger partial charge in [-0.15, -0.1) is 0 Å². The second kappa shape index (κ2) is 7.27. The number of anilines is 2. The number of urea groups is 1. The van der Waals surface area contributed by atoms with Crippen LogP contribution in [0.25, 0.3) is 0 Å². The molecule has 0 spiro atoms. The second-order valence-electron chi connectivity index (χ2n) is 6.39. The van der Waals surface area contributed by atoms with Crippen LogP contribution in [-0.2, 0) is 0 Å². The van der Waals surface area contributed by atoms with Crippen molar-refractivity contribution in [3.63, 3.8) is 0 Å². The van der Waals surface area contributed by atoms with Gasteiger partial charge in [-0.3, -0.25) is 0 Å². The Morgan fingerprint density at radius 1 is 1.08 bits per heavy atom. The fourth-order valence-electron chi connectivity index (χ4n) is 3.18. The fraction of sp³-hybridized carbons (Fsp3) is 0.300. The normalized spacial score (nSPS) is 14.1. The third-order valence-corrected chi connectivity index (χ3v) is 4.50. The van der Waals surface area contributed by atoms with Crippen LogP contribution in [-0.4, -0.2) is 37.1 Å². The second-order valence-corrected chi connectivity index (χ2v) is 6.39. The molecule has 128 valence electrons. The molecule has 1 heterocycles. The Morgan fingerprint density at radius 3 is 2.52 bits per heavy atom. The summed E-state index contributed by atoms with van der Waals surface area (Å²) in [7, 11) is 0. The summed E-state index contributed by atoms with van der Waals surface area (Å²) in [6.07, 6.45) is 0. The summed E-state index contributed by atoms with van der Waals surface area (Å²) >= 11 is 0. The molecular weight excluding hydrogens is 312 g/mol. The maximum Gasteiger partial charge on any atom is 0.321 e. The Balaban J connectivity index is 1.60. The van der Waals surface area contributed by atoms with Gasteiger partial charge in [0.15, 0.2) is 0 Å². The lowest BCUT2D eigenvalue weighted by atomic mass is 10.1. The van der Waals surface area contributed by atoms with Crippen LogP contribution in [0.5, 0.6) is 0 Å². The Hall–Kier alpha value is -3.00. The van der Waals surface area contributed by atoms with Crippen LogP contribution in [0.1, 0.15) is 16.7 Å². The van der Waals surface area contributed by atoms with Crippen molar-refractivity contribution < 1.29 is 4.79 Å². The zero-order valence-corrected chi connectivity index (χ0v) is 14.6. The maximum atomic E-state index is 12.4. The molecule has 1 aliphatic heterocycles. The molecule has 2 aromatic rings. The van der Waals surface area contributed by atoms with Crippen molar-refractivity contribution in [1.29, 1.82) is 5.26 Å². The van der Waals surface area contributed by atoms with Gasteiger partial charge < -0.3 is 15.1 Å². The first kappa shape index (κ1) is 16.8. The Morgan fingerprint density at radius 2 is 1.84 bits per heavy atom. The Kier molecular flexibility index (Phi) is 4.90. The standard InChI is InChI=1S/C20H22N4O/c1-15-6-7-19(16(2)12-15)23-8-10-24(11-9-23)20(25)22-18-5-3-4-17(13-18)14-21/h3-7,12-13H,8-11H2,1-2H3,(H,22,25). The van der Waals surface area contributed by atoms with E-state index in [0.717, 1.165) is 13.1 Å². The molecule has 3 rings (SSSR count). The molecule has 0 saturated carbocycles.